The van der Waals surface area contributed by atoms with E-state index in [9.17, 15) is 0 Å². The van der Waals surface area contributed by atoms with Crippen LogP contribution in [0.15, 0.2) is 48.7 Å². The maximum Gasteiger partial charge on any atom is 0 e. The van der Waals surface area contributed by atoms with Crippen molar-refractivity contribution in [3.05, 3.63) is 96.2 Å². The Morgan fingerprint density at radius 1 is 0.607 bits per heavy atom. The van der Waals surface area contributed by atoms with Gasteiger partial charge >= 0.3 is 0 Å². The molecular formula is C16H23NW10Y-6. The average Bonchev–Trinajstić information content (AvgIpc) is 2.22. The van der Waals surface area contributed by atoms with Gasteiger partial charge in [0.1, 0.15) is 0 Å². The van der Waals surface area contributed by atoms with Crippen LogP contribution in [-0.2, 0) is 243 Å². The molecule has 0 atom stereocenters. The molecule has 1 nitrogen and oxygen atoms in total. The van der Waals surface area contributed by atoms with E-state index in [4.69, 9.17) is 0 Å². The van der Waals surface area contributed by atoms with Gasteiger partial charge in [0.25, 0.3) is 0 Å². The zero-order chi connectivity index (χ0) is 9.36. The standard InChI is InChI=1S/C6H6N.C6H5.4CH3.10W.Y/c1-6-3-2-4-7-5-6;1-2-4-6-5-3-1;;;;;;;;;;;;;;;/h2-3,5H,1H3;1-5H;4*1H3;;;;;;;;;;;/q6*-1;;;;;;;;;;;. The van der Waals surface area contributed by atoms with Crippen molar-refractivity contribution in [2.45, 2.75) is 6.92 Å². The molecule has 1 heterocycles. The van der Waals surface area contributed by atoms with E-state index in [0.717, 1.165) is 0 Å². The number of aromatic nitrogens is 1. The van der Waals surface area contributed by atoms with Gasteiger partial charge in [-0.15, -0.1) is 5.56 Å². The Morgan fingerprint density at radius 2 is 0.964 bits per heavy atom. The molecule has 1 aromatic heterocycles. The second-order valence-corrected chi connectivity index (χ2v) is 2.54. The first kappa shape index (κ1) is 102. The molecule has 0 N–H and O–H groups in total. The maximum absolute atomic E-state index is 3.76. The molecule has 0 spiro atoms. The van der Waals surface area contributed by atoms with E-state index < -0.39 is 0 Å². The van der Waals surface area contributed by atoms with Crippen molar-refractivity contribution >= 4 is 0 Å². The molecule has 0 bridgehead atoms. The van der Waals surface area contributed by atoms with E-state index in [-0.39, 0.29) is 273 Å². The molecule has 2 rings (SSSR count). The molecule has 0 saturated carbocycles. The molecule has 28 heavy (non-hydrogen) atoms. The summed E-state index contributed by atoms with van der Waals surface area (Å²) in [6.07, 6.45) is 4.46. The fourth-order valence-electron chi connectivity index (χ4n) is 0.736. The fraction of sp³-hybridized carbons (Fsp3) is 0.0625. The Bertz CT molecular complexity index is 308. The molecule has 0 fully saturated rings. The Morgan fingerprint density at radius 3 is 1.07 bits per heavy atom. The molecule has 0 aliphatic carbocycles. The molecule has 12 heteroatoms. The average molecular weight is 2160 g/mol. The van der Waals surface area contributed by atoms with Crippen LogP contribution >= 0.6 is 0 Å². The summed E-state index contributed by atoms with van der Waals surface area (Å²) in [7, 11) is 0. The molecular weight excluding hydrogens is 2130 g/mol. The number of pyridine rings is 1. The van der Waals surface area contributed by atoms with Crippen molar-refractivity contribution in [3.63, 3.8) is 0 Å². The fourth-order valence-corrected chi connectivity index (χ4v) is 0.736. The monoisotopic (exact) mass is 2160 g/mol. The Hall–Kier alpha value is 6.36. The van der Waals surface area contributed by atoms with Crippen molar-refractivity contribution in [3.8, 4) is 0 Å². The molecule has 0 amide bonds. The van der Waals surface area contributed by atoms with E-state index in [0.29, 0.717) is 0 Å². The normalized spacial score (nSPS) is 3.89. The third kappa shape index (κ3) is 76.8. The van der Waals surface area contributed by atoms with Crippen molar-refractivity contribution in [2.75, 3.05) is 0 Å². The zero-order valence-corrected chi connectivity index (χ0v) is 48.4. The van der Waals surface area contributed by atoms with Gasteiger partial charge in [0.2, 0.25) is 0 Å². The summed E-state index contributed by atoms with van der Waals surface area (Å²) in [5.74, 6) is 0. The van der Waals surface area contributed by atoms with Crippen LogP contribution in [-0.4, -0.2) is 4.98 Å². The topological polar surface area (TPSA) is 12.9 Å². The zero-order valence-electron chi connectivity index (χ0n) is 16.2. The van der Waals surface area contributed by atoms with Crippen LogP contribution in [0.1, 0.15) is 5.56 Å². The first-order valence-corrected chi connectivity index (χ1v) is 4.09. The van der Waals surface area contributed by atoms with Crippen LogP contribution in [0.5, 0.6) is 0 Å². The Kier molecular flexibility index (Phi) is 307. The van der Waals surface area contributed by atoms with Gasteiger partial charge in [-0.05, 0) is 0 Å². The van der Waals surface area contributed by atoms with Crippen LogP contribution in [0.4, 0.5) is 0 Å². The summed E-state index contributed by atoms with van der Waals surface area (Å²) in [6, 6.07) is 16.3. The number of hydrogen-bond donors (Lipinski definition) is 0. The summed E-state index contributed by atoms with van der Waals surface area (Å²) >= 11 is 0. The quantitative estimate of drug-likeness (QED) is 0.356. The SMILES string of the molecule is Cc1cc[c-]nc1.[CH3-].[CH3-].[CH3-].[CH3-].[W].[W].[W].[W].[W].[W].[W].[W].[W].[W].[Y].[c-]1ccccc1. The Balaban J connectivity index is -0.00000000606. The van der Waals surface area contributed by atoms with Gasteiger partial charge in [0.15, 0.2) is 0 Å². The van der Waals surface area contributed by atoms with Gasteiger partial charge in [0.05, 0.1) is 0 Å². The number of hydrogen-bond acceptors (Lipinski definition) is 1. The molecule has 1 radical (unpaired) electrons. The van der Waals surface area contributed by atoms with Crippen molar-refractivity contribution in [1.82, 2.24) is 4.98 Å². The van der Waals surface area contributed by atoms with Gasteiger partial charge in [-0.2, -0.15) is 48.5 Å². The largest absolute Gasteiger partial charge is 0.394 e. The summed E-state index contributed by atoms with van der Waals surface area (Å²) < 4.78 is 0. The van der Waals surface area contributed by atoms with Crippen LogP contribution in [0.25, 0.3) is 0 Å². The van der Waals surface area contributed by atoms with E-state index in [1.165, 1.54) is 5.56 Å². The predicted molar refractivity (Wildman–Crippen MR) is 78.7 cm³/mol. The van der Waals surface area contributed by atoms with Crippen molar-refractivity contribution in [1.29, 1.82) is 0 Å². The summed E-state index contributed by atoms with van der Waals surface area (Å²) in [6.45, 7) is 2.00. The van der Waals surface area contributed by atoms with E-state index in [1.807, 2.05) is 43.3 Å². The summed E-state index contributed by atoms with van der Waals surface area (Å²) in [5, 5.41) is 0. The molecule has 0 unspecified atom stereocenters. The number of aryl methyl sites for hydroxylation is 1. The first-order chi connectivity index (χ1) is 6.39. The minimum absolute atomic E-state index is 0. The molecule has 0 aliphatic heterocycles. The maximum atomic E-state index is 3.76. The third-order valence-corrected chi connectivity index (χ3v) is 1.37. The predicted octanol–water partition coefficient (Wildman–Crippen LogP) is 4.45. The summed E-state index contributed by atoms with van der Waals surface area (Å²) in [4.78, 5) is 3.76. The number of rotatable bonds is 0. The smallest absolute Gasteiger partial charge is 0 e. The third-order valence-electron chi connectivity index (χ3n) is 1.37. The first-order valence-electron chi connectivity index (χ1n) is 4.09. The van der Waals surface area contributed by atoms with Crippen LogP contribution < -0.4 is 0 Å². The van der Waals surface area contributed by atoms with E-state index >= 15 is 0 Å². The number of nitrogens with zero attached hydrogens (tertiary/aromatic N) is 1. The number of benzene rings is 1. The van der Waals surface area contributed by atoms with Gasteiger partial charge in [-0.3, -0.25) is 0 Å². The van der Waals surface area contributed by atoms with Gasteiger partial charge < -0.3 is 34.7 Å². The van der Waals surface area contributed by atoms with Gasteiger partial charge in [0, 0.05) is 243 Å². The molecule has 2 aromatic rings. The van der Waals surface area contributed by atoms with Gasteiger partial charge in [-0.1, -0.05) is 19.3 Å². The Labute approximate surface area is 344 Å². The van der Waals surface area contributed by atoms with Crippen molar-refractivity contribution < 1.29 is 243 Å². The van der Waals surface area contributed by atoms with E-state index in [2.05, 4.69) is 17.2 Å². The summed E-state index contributed by atoms with van der Waals surface area (Å²) in [5.41, 5.74) is 1.18. The second kappa shape index (κ2) is 84.3. The second-order valence-electron chi connectivity index (χ2n) is 2.54. The van der Waals surface area contributed by atoms with Gasteiger partial charge in [-0.25, -0.2) is 0 Å². The molecule has 1 aromatic carbocycles. The minimum atomic E-state index is 0. The minimum Gasteiger partial charge on any atom is -0.394 e. The van der Waals surface area contributed by atoms with Crippen molar-refractivity contribution in [2.24, 2.45) is 0 Å². The van der Waals surface area contributed by atoms with E-state index in [1.54, 1.807) is 12.3 Å². The molecule has 0 aliphatic rings. The molecule has 0 saturated heterocycles. The molecule has 161 valence electrons. The van der Waals surface area contributed by atoms with Crippen LogP contribution in [0, 0.1) is 48.9 Å². The van der Waals surface area contributed by atoms with Crippen LogP contribution in [0.2, 0.25) is 0 Å². The van der Waals surface area contributed by atoms with Crippen LogP contribution in [0.3, 0.4) is 0 Å².